The van der Waals surface area contributed by atoms with Gasteiger partial charge in [0.2, 0.25) is 11.8 Å². The van der Waals surface area contributed by atoms with Gasteiger partial charge >= 0.3 is 0 Å². The molecule has 0 spiro atoms. The molecule has 3 saturated carbocycles. The number of hydrogen-bond acceptors (Lipinski definition) is 7. The smallest absolute Gasteiger partial charge is 0.237 e. The van der Waals surface area contributed by atoms with E-state index in [0.717, 1.165) is 42.5 Å². The van der Waals surface area contributed by atoms with E-state index in [1.165, 1.54) is 11.9 Å². The Morgan fingerprint density at radius 2 is 1.91 bits per heavy atom. The van der Waals surface area contributed by atoms with Crippen LogP contribution < -0.4 is 16.4 Å². The van der Waals surface area contributed by atoms with E-state index in [4.69, 9.17) is 16.9 Å². The van der Waals surface area contributed by atoms with E-state index < -0.39 is 0 Å². The van der Waals surface area contributed by atoms with Gasteiger partial charge in [-0.25, -0.2) is 4.99 Å². The lowest BCUT2D eigenvalue weighted by molar-refractivity contribution is -0.132. The van der Waals surface area contributed by atoms with Crippen molar-refractivity contribution in [2.24, 2.45) is 32.5 Å². The zero-order chi connectivity index (χ0) is 33.3. The van der Waals surface area contributed by atoms with Gasteiger partial charge in [0.05, 0.1) is 23.9 Å². The number of nitrogen functional groups attached to an aromatic ring is 1. The third-order valence-electron chi connectivity index (χ3n) is 10.4. The van der Waals surface area contributed by atoms with E-state index in [1.807, 2.05) is 48.2 Å². The standard InChI is InChI=1S/C36H43N9O2/c1-3-45(28-8-9-30(38)29(16-28)32(39)36-19-35(20-36,21-36)22-37)34(47)27-10-13-43(17-27)18-31(46)44-14-11-25(12-15-44)24-4-6-26(7-5-24)33(40)42-23-41-2/h4-9,11,16,23,27,39H,3,10,12-15,17-21,38H2,1-2H3,(H2,40,41,42)/t27-,35?,36?/m1/s1. The van der Waals surface area contributed by atoms with Gasteiger partial charge in [0.1, 0.15) is 12.2 Å². The van der Waals surface area contributed by atoms with Gasteiger partial charge in [-0.2, -0.15) is 5.26 Å². The summed E-state index contributed by atoms with van der Waals surface area (Å²) in [6, 6.07) is 15.9. The molecule has 0 unspecified atom stereocenters. The van der Waals surface area contributed by atoms with E-state index in [9.17, 15) is 14.9 Å². The quantitative estimate of drug-likeness (QED) is 0.205. The molecule has 2 aliphatic heterocycles. The molecule has 2 aromatic carbocycles. The van der Waals surface area contributed by atoms with Crippen molar-refractivity contribution in [1.82, 2.24) is 9.80 Å². The minimum absolute atomic E-state index is 0.0294. The van der Waals surface area contributed by atoms with Crippen LogP contribution in [0.25, 0.3) is 5.57 Å². The van der Waals surface area contributed by atoms with Gasteiger partial charge in [-0.15, -0.1) is 0 Å². The Morgan fingerprint density at radius 1 is 1.17 bits per heavy atom. The van der Waals surface area contributed by atoms with Crippen LogP contribution >= 0.6 is 0 Å². The number of rotatable bonds is 10. The van der Waals surface area contributed by atoms with Crippen molar-refractivity contribution in [3.8, 4) is 6.07 Å². The summed E-state index contributed by atoms with van der Waals surface area (Å²) in [7, 11) is 1.64. The molecule has 5 N–H and O–H groups in total. The van der Waals surface area contributed by atoms with Crippen molar-refractivity contribution in [3.05, 3.63) is 65.2 Å². The first-order chi connectivity index (χ1) is 22.6. The zero-order valence-corrected chi connectivity index (χ0v) is 27.2. The number of anilines is 2. The van der Waals surface area contributed by atoms with Crippen LogP contribution in [-0.2, 0) is 9.59 Å². The second kappa shape index (κ2) is 12.8. The first-order valence-electron chi connectivity index (χ1n) is 16.4. The highest BCUT2D eigenvalue weighted by Crippen LogP contribution is 2.74. The lowest BCUT2D eigenvalue weighted by atomic mass is 9.34. The highest BCUT2D eigenvalue weighted by atomic mass is 16.2. The summed E-state index contributed by atoms with van der Waals surface area (Å²) >= 11 is 0. The Kier molecular flexibility index (Phi) is 8.72. The van der Waals surface area contributed by atoms with E-state index in [0.29, 0.717) is 68.5 Å². The number of hydrogen-bond donors (Lipinski definition) is 3. The summed E-state index contributed by atoms with van der Waals surface area (Å²) < 4.78 is 0. The molecule has 3 aliphatic carbocycles. The van der Waals surface area contributed by atoms with Gasteiger partial charge in [-0.1, -0.05) is 30.3 Å². The minimum atomic E-state index is -0.256. The number of likely N-dealkylation sites (tertiary alicyclic amines) is 1. The molecule has 1 saturated heterocycles. The number of nitrogens with two attached hydrogens (primary N) is 2. The van der Waals surface area contributed by atoms with E-state index in [2.05, 4.69) is 27.0 Å². The molecule has 1 atom stereocenters. The van der Waals surface area contributed by atoms with Gasteiger partial charge in [-0.05, 0) is 74.9 Å². The lowest BCUT2D eigenvalue weighted by Gasteiger charge is -2.67. The molecule has 244 valence electrons. The molecular weight excluding hydrogens is 590 g/mol. The van der Waals surface area contributed by atoms with Crippen molar-refractivity contribution in [2.45, 2.75) is 39.0 Å². The molecule has 47 heavy (non-hydrogen) atoms. The van der Waals surface area contributed by atoms with Gasteiger partial charge in [0.15, 0.2) is 0 Å². The Morgan fingerprint density at radius 3 is 2.55 bits per heavy atom. The maximum atomic E-state index is 13.8. The van der Waals surface area contributed by atoms with Gasteiger partial charge in [0.25, 0.3) is 0 Å². The van der Waals surface area contributed by atoms with E-state index in [-0.39, 0.29) is 28.6 Å². The number of nitrogens with one attached hydrogen (secondary N) is 1. The van der Waals surface area contributed by atoms with Crippen LogP contribution in [0.15, 0.2) is 58.5 Å². The predicted octanol–water partition coefficient (Wildman–Crippen LogP) is 3.68. The summed E-state index contributed by atoms with van der Waals surface area (Å²) in [6.45, 7) is 5.17. The Balaban J connectivity index is 1.03. The fourth-order valence-electron chi connectivity index (χ4n) is 7.75. The average Bonchev–Trinajstić information content (AvgIpc) is 3.52. The maximum Gasteiger partial charge on any atom is 0.237 e. The zero-order valence-electron chi connectivity index (χ0n) is 27.2. The SMILES string of the molecule is CCN(C(=O)[C@@H]1CCN(CC(=O)N2CC=C(c3ccc(C(N)=NC=NC)cc3)CC2)C1)c1ccc(N)c(C(=N)C23CC(C#N)(C2)C3)c1. The van der Waals surface area contributed by atoms with Crippen molar-refractivity contribution >= 4 is 46.6 Å². The third kappa shape index (κ3) is 6.05. The van der Waals surface area contributed by atoms with Crippen LogP contribution in [0.2, 0.25) is 0 Å². The highest BCUT2D eigenvalue weighted by molar-refractivity contribution is 6.09. The fourth-order valence-corrected chi connectivity index (χ4v) is 7.75. The van der Waals surface area contributed by atoms with Gasteiger partial charge < -0.3 is 26.7 Å². The number of aliphatic imine (C=N–C) groups is 2. The number of benzene rings is 2. The predicted molar refractivity (Wildman–Crippen MR) is 185 cm³/mol. The van der Waals surface area contributed by atoms with Crippen LogP contribution in [0, 0.1) is 33.5 Å². The van der Waals surface area contributed by atoms with Gasteiger partial charge in [0, 0.05) is 66.9 Å². The molecule has 0 radical (unpaired) electrons. The normalized spacial score (nSPS) is 25.5. The number of amidine groups is 1. The molecule has 2 aromatic rings. The van der Waals surface area contributed by atoms with Crippen LogP contribution in [0.1, 0.15) is 55.7 Å². The first-order valence-corrected chi connectivity index (χ1v) is 16.4. The number of carbonyl (C=O) groups excluding carboxylic acids is 2. The Bertz CT molecular complexity index is 1700. The van der Waals surface area contributed by atoms with Crippen molar-refractivity contribution in [3.63, 3.8) is 0 Å². The molecular formula is C36H43N9O2. The molecule has 2 bridgehead atoms. The Labute approximate surface area is 276 Å². The second-order valence-corrected chi connectivity index (χ2v) is 13.4. The maximum absolute atomic E-state index is 13.8. The molecule has 2 amide bonds. The van der Waals surface area contributed by atoms with E-state index in [1.54, 1.807) is 18.0 Å². The fraction of sp³-hybridized carbons (Fsp3) is 0.444. The number of amides is 2. The third-order valence-corrected chi connectivity index (χ3v) is 10.4. The van der Waals surface area contributed by atoms with Crippen LogP contribution in [0.3, 0.4) is 0 Å². The van der Waals surface area contributed by atoms with Crippen molar-refractivity contribution in [2.75, 3.05) is 56.9 Å². The molecule has 7 rings (SSSR count). The number of nitrogens with zero attached hydrogens (tertiary/aromatic N) is 6. The second-order valence-electron chi connectivity index (χ2n) is 13.4. The molecule has 5 aliphatic rings. The molecule has 11 heteroatoms. The number of nitriles is 1. The molecule has 0 aromatic heterocycles. The van der Waals surface area contributed by atoms with Crippen LogP contribution in [0.4, 0.5) is 11.4 Å². The van der Waals surface area contributed by atoms with Crippen molar-refractivity contribution in [1.29, 1.82) is 10.7 Å². The summed E-state index contributed by atoms with van der Waals surface area (Å²) in [4.78, 5) is 40.7. The summed E-state index contributed by atoms with van der Waals surface area (Å²) in [5.74, 6) is 0.310. The molecule has 11 nitrogen and oxygen atoms in total. The Hall–Kier alpha value is -4.82. The van der Waals surface area contributed by atoms with Crippen LogP contribution in [0.5, 0.6) is 0 Å². The topological polar surface area (TPSA) is 168 Å². The van der Waals surface area contributed by atoms with Gasteiger partial charge in [-0.3, -0.25) is 19.5 Å². The molecule has 4 fully saturated rings. The monoisotopic (exact) mass is 633 g/mol. The summed E-state index contributed by atoms with van der Waals surface area (Å²) in [5.41, 5.74) is 17.3. The highest BCUT2D eigenvalue weighted by Gasteiger charge is 2.70. The number of carbonyl (C=O) groups is 2. The molecule has 2 heterocycles. The average molecular weight is 634 g/mol. The van der Waals surface area contributed by atoms with Crippen LogP contribution in [-0.4, -0.2) is 85.8 Å². The summed E-state index contributed by atoms with van der Waals surface area (Å²) in [6.07, 6.45) is 7.16. The van der Waals surface area contributed by atoms with Crippen molar-refractivity contribution < 1.29 is 9.59 Å². The largest absolute Gasteiger partial charge is 0.398 e. The summed E-state index contributed by atoms with van der Waals surface area (Å²) in [5, 5.41) is 18.3. The first kappa shape index (κ1) is 32.1. The minimum Gasteiger partial charge on any atom is -0.398 e. The lowest BCUT2D eigenvalue weighted by Crippen LogP contribution is -2.64. The van der Waals surface area contributed by atoms with E-state index >= 15 is 0 Å².